The standard InChI is InChI=1S/C14H16N2O4/c17-12-7-5-11(6-8-12)16(9-13(18)19)14(20)15-10-3-1-2-4-10/h1-2,5-8,10,17H,3-4,9H2,(H,15,20)(H,18,19). The van der Waals surface area contributed by atoms with Crippen LogP contribution in [-0.4, -0.2) is 34.8 Å². The molecule has 1 aromatic rings. The Morgan fingerprint density at radius 3 is 2.35 bits per heavy atom. The number of phenolic OH excluding ortho intramolecular Hbond substituents is 1. The third-order valence-electron chi connectivity index (χ3n) is 3.04. The van der Waals surface area contributed by atoms with Gasteiger partial charge in [-0.25, -0.2) is 4.79 Å². The Morgan fingerprint density at radius 1 is 1.20 bits per heavy atom. The van der Waals surface area contributed by atoms with Crippen LogP contribution in [0.5, 0.6) is 5.75 Å². The van der Waals surface area contributed by atoms with Gasteiger partial charge in [0.05, 0.1) is 0 Å². The second-order valence-corrected chi connectivity index (χ2v) is 4.59. The van der Waals surface area contributed by atoms with Gasteiger partial charge in [-0.05, 0) is 37.1 Å². The lowest BCUT2D eigenvalue weighted by Crippen LogP contribution is -2.46. The number of carbonyl (C=O) groups excluding carboxylic acids is 1. The summed E-state index contributed by atoms with van der Waals surface area (Å²) in [7, 11) is 0. The highest BCUT2D eigenvalue weighted by atomic mass is 16.4. The molecule has 0 aliphatic heterocycles. The number of hydrogen-bond donors (Lipinski definition) is 3. The molecule has 0 aromatic heterocycles. The lowest BCUT2D eigenvalue weighted by atomic mass is 10.2. The molecule has 2 amide bonds. The first-order valence-corrected chi connectivity index (χ1v) is 6.30. The average Bonchev–Trinajstić information content (AvgIpc) is 2.89. The maximum Gasteiger partial charge on any atom is 0.323 e. The maximum atomic E-state index is 12.2. The van der Waals surface area contributed by atoms with Gasteiger partial charge in [-0.1, -0.05) is 12.2 Å². The number of aliphatic carboxylic acids is 1. The van der Waals surface area contributed by atoms with Crippen molar-refractivity contribution in [3.05, 3.63) is 36.4 Å². The van der Waals surface area contributed by atoms with Gasteiger partial charge in [-0.2, -0.15) is 0 Å². The van der Waals surface area contributed by atoms with E-state index in [1.54, 1.807) is 0 Å². The number of aromatic hydroxyl groups is 1. The van der Waals surface area contributed by atoms with Gasteiger partial charge in [0.1, 0.15) is 12.3 Å². The minimum Gasteiger partial charge on any atom is -0.508 e. The second kappa shape index (κ2) is 6.10. The highest BCUT2D eigenvalue weighted by Gasteiger charge is 2.22. The summed E-state index contributed by atoms with van der Waals surface area (Å²) in [5.41, 5.74) is 0.425. The van der Waals surface area contributed by atoms with Gasteiger partial charge >= 0.3 is 12.0 Å². The van der Waals surface area contributed by atoms with Gasteiger partial charge in [-0.3, -0.25) is 9.69 Å². The van der Waals surface area contributed by atoms with Crippen molar-refractivity contribution in [2.24, 2.45) is 0 Å². The van der Waals surface area contributed by atoms with Gasteiger partial charge in [0.15, 0.2) is 0 Å². The summed E-state index contributed by atoms with van der Waals surface area (Å²) in [6.45, 7) is -0.434. The molecule has 3 N–H and O–H groups in total. The monoisotopic (exact) mass is 276 g/mol. The zero-order valence-electron chi connectivity index (χ0n) is 10.8. The molecular weight excluding hydrogens is 260 g/mol. The van der Waals surface area contributed by atoms with Crippen LogP contribution in [0.1, 0.15) is 12.8 Å². The zero-order valence-corrected chi connectivity index (χ0v) is 10.8. The smallest absolute Gasteiger partial charge is 0.323 e. The van der Waals surface area contributed by atoms with Crippen molar-refractivity contribution in [2.45, 2.75) is 18.9 Å². The van der Waals surface area contributed by atoms with E-state index < -0.39 is 18.5 Å². The molecule has 1 aliphatic carbocycles. The molecule has 0 bridgehead atoms. The minimum atomic E-state index is -1.10. The van der Waals surface area contributed by atoms with Crippen molar-refractivity contribution < 1.29 is 19.8 Å². The van der Waals surface area contributed by atoms with Crippen molar-refractivity contribution >= 4 is 17.7 Å². The van der Waals surface area contributed by atoms with E-state index in [-0.39, 0.29) is 11.8 Å². The Kier molecular flexibility index (Phi) is 4.24. The van der Waals surface area contributed by atoms with Crippen LogP contribution in [0.15, 0.2) is 36.4 Å². The van der Waals surface area contributed by atoms with Crippen molar-refractivity contribution in [3.8, 4) is 5.75 Å². The minimum absolute atomic E-state index is 0.0101. The Hall–Kier alpha value is -2.50. The van der Waals surface area contributed by atoms with Crippen LogP contribution in [0.25, 0.3) is 0 Å². The van der Waals surface area contributed by atoms with E-state index in [0.29, 0.717) is 5.69 Å². The van der Waals surface area contributed by atoms with Gasteiger partial charge in [0.25, 0.3) is 0 Å². The molecule has 0 saturated heterocycles. The normalized spacial score (nSPS) is 14.2. The number of carboxylic acids is 1. The molecule has 0 spiro atoms. The van der Waals surface area contributed by atoms with E-state index in [0.717, 1.165) is 17.7 Å². The molecule has 6 nitrogen and oxygen atoms in total. The fourth-order valence-corrected chi connectivity index (χ4v) is 2.04. The van der Waals surface area contributed by atoms with Crippen LogP contribution < -0.4 is 10.2 Å². The average molecular weight is 276 g/mol. The summed E-state index contributed by atoms with van der Waals surface area (Å²) in [5.74, 6) is -1.04. The molecule has 106 valence electrons. The number of phenols is 1. The first-order chi connectivity index (χ1) is 9.56. The van der Waals surface area contributed by atoms with Crippen LogP contribution in [-0.2, 0) is 4.79 Å². The quantitative estimate of drug-likeness (QED) is 0.730. The molecule has 0 unspecified atom stereocenters. The first kappa shape index (κ1) is 13.9. The maximum absolute atomic E-state index is 12.2. The molecule has 0 atom stereocenters. The number of hydrogen-bond acceptors (Lipinski definition) is 3. The fraction of sp³-hybridized carbons (Fsp3) is 0.286. The van der Waals surface area contributed by atoms with E-state index >= 15 is 0 Å². The highest BCUT2D eigenvalue weighted by molar-refractivity contribution is 5.96. The van der Waals surface area contributed by atoms with Crippen molar-refractivity contribution in [1.82, 2.24) is 5.32 Å². The fourth-order valence-electron chi connectivity index (χ4n) is 2.04. The van der Waals surface area contributed by atoms with Crippen molar-refractivity contribution in [1.29, 1.82) is 0 Å². The Balaban J connectivity index is 2.11. The Bertz CT molecular complexity index is 516. The highest BCUT2D eigenvalue weighted by Crippen LogP contribution is 2.19. The van der Waals surface area contributed by atoms with E-state index in [1.807, 2.05) is 12.2 Å². The summed E-state index contributed by atoms with van der Waals surface area (Å²) in [6.07, 6.45) is 5.46. The van der Waals surface area contributed by atoms with Crippen LogP contribution in [0.4, 0.5) is 10.5 Å². The number of amides is 2. The largest absolute Gasteiger partial charge is 0.508 e. The van der Waals surface area contributed by atoms with Gasteiger partial charge in [0, 0.05) is 11.7 Å². The zero-order chi connectivity index (χ0) is 14.5. The molecule has 0 radical (unpaired) electrons. The molecule has 1 aromatic carbocycles. The van der Waals surface area contributed by atoms with Crippen LogP contribution in [0.2, 0.25) is 0 Å². The summed E-state index contributed by atoms with van der Waals surface area (Å²) < 4.78 is 0. The summed E-state index contributed by atoms with van der Waals surface area (Å²) >= 11 is 0. The van der Waals surface area contributed by atoms with Gasteiger partial charge in [0.2, 0.25) is 0 Å². The molecule has 2 rings (SSSR count). The van der Waals surface area contributed by atoms with Crippen molar-refractivity contribution in [2.75, 3.05) is 11.4 Å². The first-order valence-electron chi connectivity index (χ1n) is 6.30. The third-order valence-corrected chi connectivity index (χ3v) is 3.04. The SMILES string of the molecule is O=C(O)CN(C(=O)NC1CC=CC1)c1ccc(O)cc1. The Labute approximate surface area is 116 Å². The summed E-state index contributed by atoms with van der Waals surface area (Å²) in [5, 5.41) is 21.0. The second-order valence-electron chi connectivity index (χ2n) is 4.59. The third kappa shape index (κ3) is 3.50. The molecule has 0 heterocycles. The van der Waals surface area contributed by atoms with E-state index in [4.69, 9.17) is 5.11 Å². The Morgan fingerprint density at radius 2 is 1.80 bits per heavy atom. The van der Waals surface area contributed by atoms with Crippen LogP contribution in [0.3, 0.4) is 0 Å². The van der Waals surface area contributed by atoms with E-state index in [1.165, 1.54) is 24.3 Å². The topological polar surface area (TPSA) is 89.9 Å². The van der Waals surface area contributed by atoms with E-state index in [2.05, 4.69) is 5.32 Å². The molecule has 1 aliphatic rings. The van der Waals surface area contributed by atoms with Gasteiger partial charge in [-0.15, -0.1) is 0 Å². The molecule has 6 heteroatoms. The van der Waals surface area contributed by atoms with Crippen LogP contribution in [0, 0.1) is 0 Å². The number of rotatable bonds is 4. The summed E-state index contributed by atoms with van der Waals surface area (Å²) in [6, 6.07) is 5.39. The summed E-state index contributed by atoms with van der Waals surface area (Å²) in [4.78, 5) is 24.2. The predicted octanol–water partition coefficient (Wildman–Crippen LogP) is 1.71. The number of carboxylic acid groups (broad SMARTS) is 1. The van der Waals surface area contributed by atoms with E-state index in [9.17, 15) is 14.7 Å². The lowest BCUT2D eigenvalue weighted by molar-refractivity contribution is -0.135. The lowest BCUT2D eigenvalue weighted by Gasteiger charge is -2.23. The number of nitrogens with zero attached hydrogens (tertiary/aromatic N) is 1. The number of anilines is 1. The molecule has 0 fully saturated rings. The molecular formula is C14H16N2O4. The molecule has 0 saturated carbocycles. The van der Waals surface area contributed by atoms with Gasteiger partial charge < -0.3 is 15.5 Å². The number of carbonyl (C=O) groups is 2. The molecule has 20 heavy (non-hydrogen) atoms. The van der Waals surface area contributed by atoms with Crippen molar-refractivity contribution in [3.63, 3.8) is 0 Å². The number of nitrogens with one attached hydrogen (secondary N) is 1. The predicted molar refractivity (Wildman–Crippen MR) is 73.8 cm³/mol. The number of benzene rings is 1. The van der Waals surface area contributed by atoms with Crippen LogP contribution >= 0.6 is 0 Å². The number of urea groups is 1.